The number of phenolic OH excluding ortho intramolecular Hbond substituents is 1. The van der Waals surface area contributed by atoms with Gasteiger partial charge in [-0.2, -0.15) is 0 Å². The lowest BCUT2D eigenvalue weighted by Crippen LogP contribution is -2.33. The minimum atomic E-state index is -0.904. The topological polar surface area (TPSA) is 90.2 Å². The van der Waals surface area contributed by atoms with E-state index >= 15 is 0 Å². The van der Waals surface area contributed by atoms with Crippen LogP contribution in [0.1, 0.15) is 0 Å². The van der Waals surface area contributed by atoms with Crippen molar-refractivity contribution in [3.05, 3.63) is 24.3 Å². The lowest BCUT2D eigenvalue weighted by atomic mass is 10.3. The number of hydrogen-bond donors (Lipinski definition) is 3. The third-order valence-corrected chi connectivity index (χ3v) is 2.83. The van der Waals surface area contributed by atoms with E-state index < -0.39 is 12.2 Å². The molecule has 18 heavy (non-hydrogen) atoms. The van der Waals surface area contributed by atoms with Crippen LogP contribution in [0.15, 0.2) is 24.3 Å². The molecule has 6 nitrogen and oxygen atoms in total. The maximum Gasteiger partial charge on any atom is 0.260 e. The van der Waals surface area contributed by atoms with Crippen LogP contribution in [-0.2, 0) is 4.79 Å². The molecule has 3 N–H and O–H groups in total. The Balaban J connectivity index is 1.88. The first kappa shape index (κ1) is 12.7. The van der Waals surface area contributed by atoms with Crippen LogP contribution in [0.25, 0.3) is 0 Å². The Hall–Kier alpha value is -1.79. The summed E-state index contributed by atoms with van der Waals surface area (Å²) in [6.45, 7) is -0.0364. The van der Waals surface area contributed by atoms with E-state index in [0.29, 0.717) is 0 Å². The van der Waals surface area contributed by atoms with Gasteiger partial charge >= 0.3 is 0 Å². The highest BCUT2D eigenvalue weighted by Gasteiger charge is 2.32. The summed E-state index contributed by atoms with van der Waals surface area (Å²) in [6.07, 6.45) is -1.81. The predicted octanol–water partition coefficient (Wildman–Crippen LogP) is -0.665. The third kappa shape index (κ3) is 2.72. The van der Waals surface area contributed by atoms with Crippen LogP contribution in [0.4, 0.5) is 0 Å². The van der Waals surface area contributed by atoms with E-state index in [0.717, 1.165) is 0 Å². The fourth-order valence-corrected chi connectivity index (χ4v) is 1.78. The zero-order chi connectivity index (χ0) is 13.1. The van der Waals surface area contributed by atoms with Gasteiger partial charge < -0.3 is 25.0 Å². The second-order valence-corrected chi connectivity index (χ2v) is 4.19. The fraction of sp³-hybridized carbons (Fsp3) is 0.417. The summed E-state index contributed by atoms with van der Waals surface area (Å²) in [5.41, 5.74) is 0. The highest BCUT2D eigenvalue weighted by Crippen LogP contribution is 2.24. The van der Waals surface area contributed by atoms with Crippen LogP contribution >= 0.6 is 0 Å². The molecule has 0 spiro atoms. The second kappa shape index (κ2) is 5.24. The van der Waals surface area contributed by atoms with Crippen LogP contribution in [0.2, 0.25) is 0 Å². The number of nitrogens with zero attached hydrogens (tertiary/aromatic N) is 1. The molecule has 0 unspecified atom stereocenters. The molecule has 6 heteroatoms. The van der Waals surface area contributed by atoms with Crippen molar-refractivity contribution in [1.29, 1.82) is 0 Å². The molecule has 1 aliphatic rings. The highest BCUT2D eigenvalue weighted by molar-refractivity contribution is 5.78. The molecule has 1 heterocycles. The van der Waals surface area contributed by atoms with Gasteiger partial charge in [-0.1, -0.05) is 12.1 Å². The van der Waals surface area contributed by atoms with Crippen molar-refractivity contribution >= 4 is 5.91 Å². The van der Waals surface area contributed by atoms with Gasteiger partial charge in [-0.3, -0.25) is 4.79 Å². The molecule has 1 saturated heterocycles. The number of rotatable bonds is 3. The zero-order valence-electron chi connectivity index (χ0n) is 9.69. The number of hydrogen-bond acceptors (Lipinski definition) is 5. The predicted molar refractivity (Wildman–Crippen MR) is 62.2 cm³/mol. The number of aliphatic hydroxyl groups is 2. The second-order valence-electron chi connectivity index (χ2n) is 4.19. The summed E-state index contributed by atoms with van der Waals surface area (Å²) < 4.78 is 5.18. The van der Waals surface area contributed by atoms with Crippen LogP contribution in [0.5, 0.6) is 11.5 Å². The van der Waals surface area contributed by atoms with E-state index in [4.69, 9.17) is 4.74 Å². The molecule has 0 aromatic heterocycles. The smallest absolute Gasteiger partial charge is 0.260 e. The van der Waals surface area contributed by atoms with Crippen molar-refractivity contribution in [3.8, 4) is 11.5 Å². The monoisotopic (exact) mass is 253 g/mol. The summed E-state index contributed by atoms with van der Waals surface area (Å²) in [5.74, 6) is -0.146. The largest absolute Gasteiger partial charge is 0.504 e. The number of likely N-dealkylation sites (tertiary alicyclic amines) is 1. The summed E-state index contributed by atoms with van der Waals surface area (Å²) >= 11 is 0. The number of carbonyl (C=O) groups excluding carboxylic acids is 1. The number of benzene rings is 1. The van der Waals surface area contributed by atoms with E-state index in [1.165, 1.54) is 11.0 Å². The van der Waals surface area contributed by atoms with E-state index in [2.05, 4.69) is 0 Å². The number of phenols is 1. The number of para-hydroxylation sites is 2. The average molecular weight is 253 g/mol. The molecule has 98 valence electrons. The first-order valence-corrected chi connectivity index (χ1v) is 5.62. The van der Waals surface area contributed by atoms with Gasteiger partial charge in [0.05, 0.1) is 12.2 Å². The van der Waals surface area contributed by atoms with Crippen molar-refractivity contribution in [2.24, 2.45) is 0 Å². The highest BCUT2D eigenvalue weighted by atomic mass is 16.5. The van der Waals surface area contributed by atoms with Crippen molar-refractivity contribution in [2.75, 3.05) is 19.7 Å². The van der Waals surface area contributed by atoms with Crippen molar-refractivity contribution in [1.82, 2.24) is 4.90 Å². The molecular formula is C12H15NO5. The van der Waals surface area contributed by atoms with E-state index in [1.54, 1.807) is 18.2 Å². The van der Waals surface area contributed by atoms with E-state index in [1.807, 2.05) is 0 Å². The molecule has 1 aliphatic heterocycles. The number of β-amino-alcohol motifs (C(OH)–C–C–N with tert-alkyl or cyclic N) is 2. The number of aromatic hydroxyl groups is 1. The third-order valence-electron chi connectivity index (χ3n) is 2.83. The van der Waals surface area contributed by atoms with Gasteiger partial charge in [-0.05, 0) is 12.1 Å². The number of ether oxygens (including phenoxy) is 1. The van der Waals surface area contributed by atoms with E-state index in [-0.39, 0.29) is 37.1 Å². The van der Waals surface area contributed by atoms with Gasteiger partial charge in [-0.15, -0.1) is 0 Å². The summed E-state index contributed by atoms with van der Waals surface area (Å²) in [5, 5.41) is 28.1. The Morgan fingerprint density at radius 1 is 1.28 bits per heavy atom. The van der Waals surface area contributed by atoms with Gasteiger partial charge in [0.25, 0.3) is 5.91 Å². The molecule has 0 radical (unpaired) electrons. The van der Waals surface area contributed by atoms with Gasteiger partial charge in [0.15, 0.2) is 18.1 Å². The molecule has 0 bridgehead atoms. The summed E-state index contributed by atoms with van der Waals surface area (Å²) in [6, 6.07) is 6.35. The summed E-state index contributed by atoms with van der Waals surface area (Å²) in [4.78, 5) is 13.0. The standard InChI is InChI=1S/C12H15NO5/c14-8-3-1-2-4-11(8)18-7-12(17)13-5-9(15)10(16)6-13/h1-4,9-10,14-16H,5-7H2/t9-,10+. The summed E-state index contributed by atoms with van der Waals surface area (Å²) in [7, 11) is 0. The van der Waals surface area contributed by atoms with Crippen LogP contribution in [0, 0.1) is 0 Å². The van der Waals surface area contributed by atoms with Crippen molar-refractivity contribution < 1.29 is 24.9 Å². The van der Waals surface area contributed by atoms with Crippen molar-refractivity contribution in [2.45, 2.75) is 12.2 Å². The Morgan fingerprint density at radius 2 is 1.89 bits per heavy atom. The lowest BCUT2D eigenvalue weighted by molar-refractivity contribution is -0.132. The zero-order valence-corrected chi connectivity index (χ0v) is 9.69. The molecule has 1 aromatic carbocycles. The molecule has 0 saturated carbocycles. The lowest BCUT2D eigenvalue weighted by Gasteiger charge is -2.15. The molecule has 1 aromatic rings. The molecule has 2 rings (SSSR count). The normalized spacial score (nSPS) is 23.1. The first-order valence-electron chi connectivity index (χ1n) is 5.62. The van der Waals surface area contributed by atoms with E-state index in [9.17, 15) is 20.1 Å². The van der Waals surface area contributed by atoms with Gasteiger partial charge in [0.2, 0.25) is 0 Å². The Labute approximate surface area is 104 Å². The maximum atomic E-state index is 11.7. The molecule has 1 amide bonds. The maximum absolute atomic E-state index is 11.7. The minimum Gasteiger partial charge on any atom is -0.504 e. The van der Waals surface area contributed by atoms with Crippen LogP contribution < -0.4 is 4.74 Å². The van der Waals surface area contributed by atoms with Gasteiger partial charge in [0, 0.05) is 13.1 Å². The SMILES string of the molecule is O=C(COc1ccccc1O)N1C[C@@H](O)[C@@H](O)C1. The Bertz CT molecular complexity index is 426. The first-order chi connectivity index (χ1) is 8.58. The number of aliphatic hydroxyl groups excluding tert-OH is 2. The number of carbonyl (C=O) groups is 1. The Morgan fingerprint density at radius 3 is 2.50 bits per heavy atom. The fourth-order valence-electron chi connectivity index (χ4n) is 1.78. The average Bonchev–Trinajstić information content (AvgIpc) is 2.68. The molecule has 1 fully saturated rings. The quantitative estimate of drug-likeness (QED) is 0.665. The Kier molecular flexibility index (Phi) is 3.69. The van der Waals surface area contributed by atoms with Crippen LogP contribution in [-0.4, -0.2) is 58.0 Å². The molecule has 0 aliphatic carbocycles. The number of amides is 1. The van der Waals surface area contributed by atoms with Gasteiger partial charge in [-0.25, -0.2) is 0 Å². The molecular weight excluding hydrogens is 238 g/mol. The minimum absolute atomic E-state index is 0.0354. The van der Waals surface area contributed by atoms with Crippen molar-refractivity contribution in [3.63, 3.8) is 0 Å². The molecule has 2 atom stereocenters. The van der Waals surface area contributed by atoms with Gasteiger partial charge in [0.1, 0.15) is 0 Å². The van der Waals surface area contributed by atoms with Crippen LogP contribution in [0.3, 0.4) is 0 Å².